The first-order valence-electron chi connectivity index (χ1n) is 9.59. The number of nitrogens with zero attached hydrogens (tertiary/aromatic N) is 2. The van der Waals surface area contributed by atoms with Gasteiger partial charge in [-0.2, -0.15) is 9.41 Å². The van der Waals surface area contributed by atoms with E-state index in [1.54, 1.807) is 25.3 Å². The maximum absolute atomic E-state index is 12.7. The van der Waals surface area contributed by atoms with Crippen molar-refractivity contribution in [2.75, 3.05) is 18.4 Å². The number of anilines is 1. The summed E-state index contributed by atoms with van der Waals surface area (Å²) >= 11 is 1.22. The Morgan fingerprint density at radius 1 is 1.00 bits per heavy atom. The molecule has 0 aliphatic carbocycles. The van der Waals surface area contributed by atoms with Crippen LogP contribution >= 0.6 is 11.3 Å². The highest BCUT2D eigenvalue weighted by Gasteiger charge is 2.26. The van der Waals surface area contributed by atoms with Gasteiger partial charge in [0, 0.05) is 24.4 Å². The van der Waals surface area contributed by atoms with Crippen LogP contribution in [0.2, 0.25) is 0 Å². The minimum Gasteiger partial charge on any atom is -0.313 e. The molecule has 1 aromatic heterocycles. The zero-order valence-corrected chi connectivity index (χ0v) is 18.5. The molecule has 0 unspecified atom stereocenters. The van der Waals surface area contributed by atoms with Crippen molar-refractivity contribution >= 4 is 43.9 Å². The fraction of sp³-hybridized carbons (Fsp3) is 0.350. The summed E-state index contributed by atoms with van der Waals surface area (Å²) in [6.07, 6.45) is 2.76. The molecule has 1 fully saturated rings. The van der Waals surface area contributed by atoms with E-state index in [1.165, 1.54) is 39.9 Å². The molecule has 160 valence electrons. The van der Waals surface area contributed by atoms with Gasteiger partial charge in [0.25, 0.3) is 11.8 Å². The maximum Gasteiger partial charge on any atom is 0.274 e. The number of hydrazone groups is 1. The van der Waals surface area contributed by atoms with Crippen LogP contribution in [0.15, 0.2) is 45.7 Å². The van der Waals surface area contributed by atoms with Gasteiger partial charge in [0.1, 0.15) is 5.00 Å². The van der Waals surface area contributed by atoms with Crippen LogP contribution in [0.4, 0.5) is 5.00 Å². The lowest BCUT2D eigenvalue weighted by Gasteiger charge is -2.25. The molecule has 10 heteroatoms. The van der Waals surface area contributed by atoms with E-state index in [1.807, 2.05) is 0 Å². The van der Waals surface area contributed by atoms with Crippen LogP contribution in [-0.4, -0.2) is 43.3 Å². The van der Waals surface area contributed by atoms with Gasteiger partial charge >= 0.3 is 0 Å². The van der Waals surface area contributed by atoms with Crippen LogP contribution in [-0.2, 0) is 10.0 Å². The Morgan fingerprint density at radius 3 is 2.30 bits per heavy atom. The monoisotopic (exact) mass is 448 g/mol. The first kappa shape index (κ1) is 22.1. The zero-order chi connectivity index (χ0) is 21.7. The number of nitrogens with one attached hydrogen (secondary N) is 2. The Kier molecular flexibility index (Phi) is 7.01. The van der Waals surface area contributed by atoms with Crippen molar-refractivity contribution in [2.45, 2.75) is 38.0 Å². The summed E-state index contributed by atoms with van der Waals surface area (Å²) in [6.45, 7) is 4.56. The summed E-state index contributed by atoms with van der Waals surface area (Å²) in [5.74, 6) is -0.848. The van der Waals surface area contributed by atoms with Gasteiger partial charge in [-0.05, 0) is 62.4 Å². The molecular weight excluding hydrogens is 424 g/mol. The van der Waals surface area contributed by atoms with Crippen molar-refractivity contribution < 1.29 is 18.0 Å². The van der Waals surface area contributed by atoms with Crippen LogP contribution in [0, 0.1) is 0 Å². The number of carbonyl (C=O) groups excluding carboxylic acids is 2. The number of piperidine rings is 1. The third kappa shape index (κ3) is 5.13. The molecule has 0 bridgehead atoms. The number of sulfonamides is 1. The van der Waals surface area contributed by atoms with Gasteiger partial charge in [-0.15, -0.1) is 11.3 Å². The second-order valence-corrected chi connectivity index (χ2v) is 9.96. The van der Waals surface area contributed by atoms with E-state index < -0.39 is 21.8 Å². The van der Waals surface area contributed by atoms with Crippen LogP contribution in [0.25, 0.3) is 0 Å². The van der Waals surface area contributed by atoms with E-state index in [4.69, 9.17) is 0 Å². The molecule has 3 rings (SSSR count). The molecule has 1 aliphatic heterocycles. The molecule has 8 nitrogen and oxygen atoms in total. The highest BCUT2D eigenvalue weighted by molar-refractivity contribution is 7.89. The van der Waals surface area contributed by atoms with Gasteiger partial charge in [0.15, 0.2) is 0 Å². The number of hydrogen-bond donors (Lipinski definition) is 2. The number of carbonyl (C=O) groups is 2. The fourth-order valence-corrected chi connectivity index (χ4v) is 5.31. The van der Waals surface area contributed by atoms with E-state index >= 15 is 0 Å². The van der Waals surface area contributed by atoms with E-state index in [9.17, 15) is 18.0 Å². The minimum atomic E-state index is -3.55. The van der Waals surface area contributed by atoms with E-state index in [2.05, 4.69) is 15.8 Å². The second kappa shape index (κ2) is 9.50. The van der Waals surface area contributed by atoms with Crippen molar-refractivity contribution in [3.8, 4) is 0 Å². The maximum atomic E-state index is 12.7. The number of thiophene rings is 1. The molecule has 0 saturated carbocycles. The molecule has 2 heterocycles. The predicted octanol–water partition coefficient (Wildman–Crippen LogP) is 3.30. The summed E-state index contributed by atoms with van der Waals surface area (Å²) in [5, 5.41) is 8.68. The lowest BCUT2D eigenvalue weighted by atomic mass is 10.2. The topological polar surface area (TPSA) is 108 Å². The van der Waals surface area contributed by atoms with Gasteiger partial charge < -0.3 is 5.32 Å². The summed E-state index contributed by atoms with van der Waals surface area (Å²) in [6, 6.07) is 7.44. The second-order valence-electron chi connectivity index (χ2n) is 7.11. The van der Waals surface area contributed by atoms with Crippen LogP contribution in [0.3, 0.4) is 0 Å². The normalized spacial score (nSPS) is 14.7. The third-order valence-corrected chi connectivity index (χ3v) is 7.33. The molecule has 2 N–H and O–H groups in total. The van der Waals surface area contributed by atoms with Gasteiger partial charge in [-0.1, -0.05) is 6.42 Å². The molecule has 0 atom stereocenters. The first-order valence-corrected chi connectivity index (χ1v) is 11.9. The van der Waals surface area contributed by atoms with Crippen molar-refractivity contribution in [3.05, 3.63) is 46.8 Å². The lowest BCUT2D eigenvalue weighted by Crippen LogP contribution is -2.35. The van der Waals surface area contributed by atoms with Gasteiger partial charge in [-0.25, -0.2) is 13.8 Å². The number of hydrogen-bond acceptors (Lipinski definition) is 6. The molecule has 0 spiro atoms. The summed E-state index contributed by atoms with van der Waals surface area (Å²) in [4.78, 5) is 25.0. The largest absolute Gasteiger partial charge is 0.313 e. The molecule has 1 saturated heterocycles. The lowest BCUT2D eigenvalue weighted by molar-refractivity contribution is 0.0956. The molecular formula is C20H24N4O4S2. The highest BCUT2D eigenvalue weighted by atomic mass is 32.2. The van der Waals surface area contributed by atoms with E-state index in [-0.39, 0.29) is 4.90 Å². The fourth-order valence-electron chi connectivity index (χ4n) is 3.02. The molecule has 0 radical (unpaired) electrons. The number of rotatable bonds is 6. The summed E-state index contributed by atoms with van der Waals surface area (Å²) < 4.78 is 26.9. The Morgan fingerprint density at radius 2 is 1.67 bits per heavy atom. The summed E-state index contributed by atoms with van der Waals surface area (Å²) in [5.41, 5.74) is 3.73. The molecule has 2 amide bonds. The van der Waals surface area contributed by atoms with Crippen LogP contribution in [0.1, 0.15) is 53.8 Å². The molecule has 1 aromatic carbocycles. The summed E-state index contributed by atoms with van der Waals surface area (Å²) in [7, 11) is -3.55. The average molecular weight is 449 g/mol. The average Bonchev–Trinajstić information content (AvgIpc) is 3.21. The van der Waals surface area contributed by atoms with Crippen LogP contribution in [0.5, 0.6) is 0 Å². The number of benzene rings is 1. The van der Waals surface area contributed by atoms with E-state index in [0.717, 1.165) is 19.3 Å². The van der Waals surface area contributed by atoms with Crippen molar-refractivity contribution in [2.24, 2.45) is 5.10 Å². The third-order valence-electron chi connectivity index (χ3n) is 4.59. The smallest absolute Gasteiger partial charge is 0.274 e. The number of amides is 2. The first-order chi connectivity index (χ1) is 14.3. The Bertz CT molecular complexity index is 1050. The highest BCUT2D eigenvalue weighted by Crippen LogP contribution is 2.25. The Hall–Kier alpha value is -2.56. The van der Waals surface area contributed by atoms with Crippen LogP contribution < -0.4 is 10.7 Å². The SMILES string of the molecule is CC(C)=NNC(=O)c1ccsc1NC(=O)c1ccc(S(=O)(=O)N2CCCCC2)cc1. The molecule has 1 aliphatic rings. The zero-order valence-electron chi connectivity index (χ0n) is 16.8. The van der Waals surface area contributed by atoms with Gasteiger partial charge in [-0.3, -0.25) is 9.59 Å². The minimum absolute atomic E-state index is 0.171. The van der Waals surface area contributed by atoms with Crippen molar-refractivity contribution in [3.63, 3.8) is 0 Å². The molecule has 2 aromatic rings. The van der Waals surface area contributed by atoms with E-state index in [0.29, 0.717) is 34.9 Å². The van der Waals surface area contributed by atoms with Crippen molar-refractivity contribution in [1.29, 1.82) is 0 Å². The predicted molar refractivity (Wildman–Crippen MR) is 118 cm³/mol. The quantitative estimate of drug-likeness (QED) is 0.522. The van der Waals surface area contributed by atoms with Crippen molar-refractivity contribution in [1.82, 2.24) is 9.73 Å². The van der Waals surface area contributed by atoms with Gasteiger partial charge in [0.05, 0.1) is 10.5 Å². The molecule has 30 heavy (non-hydrogen) atoms. The Labute approximate surface area is 180 Å². The Balaban J connectivity index is 1.71. The standard InChI is InChI=1S/C20H24N4O4S2/c1-14(2)22-23-19(26)17-10-13-29-20(17)21-18(25)15-6-8-16(9-7-15)30(27,28)24-11-4-3-5-12-24/h6-10,13H,3-5,11-12H2,1-2H3,(H,21,25)(H,23,26). The van der Waals surface area contributed by atoms with Gasteiger partial charge in [0.2, 0.25) is 10.0 Å².